The van der Waals surface area contributed by atoms with Crippen LogP contribution in [0.15, 0.2) is 0 Å². The van der Waals surface area contributed by atoms with Gasteiger partial charge in [0.1, 0.15) is 30.5 Å². The Hall–Kier alpha value is -0.850. The molecule has 45 heavy (non-hydrogen) atoms. The molecule has 1 aliphatic rings. The summed E-state index contributed by atoms with van der Waals surface area (Å²) < 4.78 is 11.1. The first kappa shape index (κ1) is 42.2. The zero-order valence-electron chi connectivity index (χ0n) is 28.5. The highest BCUT2D eigenvalue weighted by molar-refractivity contribution is 5.80. The van der Waals surface area contributed by atoms with E-state index in [4.69, 9.17) is 9.47 Å². The molecule has 0 saturated carbocycles. The van der Waals surface area contributed by atoms with Crippen LogP contribution in [0.3, 0.4) is 0 Å². The molecule has 0 bridgehead atoms. The van der Waals surface area contributed by atoms with Crippen LogP contribution in [0.25, 0.3) is 0 Å². The smallest absolute Gasteiger partial charge is 0.249 e. The van der Waals surface area contributed by atoms with Gasteiger partial charge in [-0.05, 0) is 12.8 Å². The molecule has 1 amide bonds. The van der Waals surface area contributed by atoms with Crippen LogP contribution in [0.4, 0.5) is 0 Å². The summed E-state index contributed by atoms with van der Waals surface area (Å²) in [6.45, 7) is 3.59. The molecule has 268 valence electrons. The van der Waals surface area contributed by atoms with Crippen molar-refractivity contribution in [1.82, 2.24) is 5.32 Å². The average Bonchev–Trinajstić information content (AvgIpc) is 3.04. The van der Waals surface area contributed by atoms with Crippen molar-refractivity contribution in [3.05, 3.63) is 0 Å². The number of ether oxygens (including phenoxy) is 2. The first-order valence-electron chi connectivity index (χ1n) is 18.3. The van der Waals surface area contributed by atoms with Crippen LogP contribution in [0, 0.1) is 0 Å². The van der Waals surface area contributed by atoms with Gasteiger partial charge in [-0.2, -0.15) is 0 Å². The quantitative estimate of drug-likeness (QED) is 0.0572. The maximum atomic E-state index is 12.9. The average molecular weight is 648 g/mol. The van der Waals surface area contributed by atoms with Crippen LogP contribution < -0.4 is 5.32 Å². The number of aliphatic hydroxyl groups excluding tert-OH is 6. The van der Waals surface area contributed by atoms with Crippen molar-refractivity contribution in [2.24, 2.45) is 0 Å². The largest absolute Gasteiger partial charge is 0.394 e. The van der Waals surface area contributed by atoms with Crippen LogP contribution in [-0.2, 0) is 14.3 Å². The van der Waals surface area contributed by atoms with Crippen LogP contribution in [0.5, 0.6) is 0 Å². The molecular formula is C35H69NO9. The maximum absolute atomic E-state index is 12.9. The zero-order chi connectivity index (χ0) is 33.3. The predicted octanol–water partition coefficient (Wildman–Crippen LogP) is 4.63. The third kappa shape index (κ3) is 18.9. The highest BCUT2D eigenvalue weighted by Gasteiger charge is 2.44. The molecule has 10 heteroatoms. The summed E-state index contributed by atoms with van der Waals surface area (Å²) in [6, 6.07) is -0.884. The molecule has 1 fully saturated rings. The van der Waals surface area contributed by atoms with E-state index in [9.17, 15) is 35.4 Å². The Morgan fingerprint density at radius 1 is 0.667 bits per heavy atom. The van der Waals surface area contributed by atoms with Gasteiger partial charge in [-0.15, -0.1) is 0 Å². The van der Waals surface area contributed by atoms with E-state index in [1.165, 1.54) is 77.0 Å². The van der Waals surface area contributed by atoms with E-state index in [0.717, 1.165) is 51.4 Å². The predicted molar refractivity (Wildman–Crippen MR) is 177 cm³/mol. The van der Waals surface area contributed by atoms with E-state index >= 15 is 0 Å². The third-order valence-corrected chi connectivity index (χ3v) is 9.07. The van der Waals surface area contributed by atoms with Crippen molar-refractivity contribution in [2.75, 3.05) is 13.2 Å². The number of aliphatic hydroxyl groups is 6. The minimum Gasteiger partial charge on any atom is -0.394 e. The van der Waals surface area contributed by atoms with Crippen LogP contribution in [0.2, 0.25) is 0 Å². The van der Waals surface area contributed by atoms with E-state index in [1.807, 2.05) is 0 Å². The van der Waals surface area contributed by atoms with Crippen molar-refractivity contribution in [1.29, 1.82) is 0 Å². The number of carbonyl (C=O) groups excluding carboxylic acids is 1. The molecule has 0 aromatic rings. The molecule has 8 atom stereocenters. The first-order valence-corrected chi connectivity index (χ1v) is 18.3. The lowest BCUT2D eigenvalue weighted by atomic mass is 9.99. The number of hydrogen-bond donors (Lipinski definition) is 7. The Kier molecular flexibility index (Phi) is 25.4. The molecule has 1 rings (SSSR count). The zero-order valence-corrected chi connectivity index (χ0v) is 28.5. The van der Waals surface area contributed by atoms with E-state index in [-0.39, 0.29) is 6.61 Å². The van der Waals surface area contributed by atoms with Gasteiger partial charge in [0, 0.05) is 0 Å². The third-order valence-electron chi connectivity index (χ3n) is 9.07. The fraction of sp³-hybridized carbons (Fsp3) is 0.971. The second kappa shape index (κ2) is 27.1. The molecule has 0 aliphatic carbocycles. The first-order chi connectivity index (χ1) is 21.8. The number of nitrogens with one attached hydrogen (secondary N) is 1. The lowest BCUT2D eigenvalue weighted by Crippen LogP contribution is -2.60. The monoisotopic (exact) mass is 647 g/mol. The molecule has 0 spiro atoms. The number of rotatable bonds is 29. The number of amides is 1. The fourth-order valence-corrected chi connectivity index (χ4v) is 5.93. The van der Waals surface area contributed by atoms with Crippen molar-refractivity contribution in [2.45, 2.75) is 204 Å². The van der Waals surface area contributed by atoms with Gasteiger partial charge in [-0.1, -0.05) is 142 Å². The van der Waals surface area contributed by atoms with Gasteiger partial charge in [-0.3, -0.25) is 4.79 Å². The minimum atomic E-state index is -1.59. The molecular weight excluding hydrogens is 578 g/mol. The Balaban J connectivity index is 2.52. The van der Waals surface area contributed by atoms with Crippen molar-refractivity contribution in [3.8, 4) is 0 Å². The van der Waals surface area contributed by atoms with Crippen molar-refractivity contribution in [3.63, 3.8) is 0 Å². The van der Waals surface area contributed by atoms with E-state index < -0.39 is 61.5 Å². The molecule has 0 radical (unpaired) electrons. The normalized spacial score (nSPS) is 24.0. The summed E-state index contributed by atoms with van der Waals surface area (Å²) in [6.07, 6.45) is 14.6. The maximum Gasteiger partial charge on any atom is 0.249 e. The summed E-state index contributed by atoms with van der Waals surface area (Å²) in [4.78, 5) is 12.9. The standard InChI is InChI=1S/C35H69NO9/c1-3-5-7-9-11-13-14-15-16-18-19-21-23-28(38)27(26-44-35-33(42)32(41)31(40)30(25-37)45-35)36-34(43)29(39)24-22-20-17-12-10-8-6-4-2/h27-33,35,37-42H,3-26H2,1-2H3,(H,36,43). The SMILES string of the molecule is CCCCCCCCCCCCCCC(O)C(COC1OC(CO)C(O)C(O)C1O)NC(=O)C(O)CCCCCCCCCC. The van der Waals surface area contributed by atoms with E-state index in [1.54, 1.807) is 0 Å². The summed E-state index contributed by atoms with van der Waals surface area (Å²) in [7, 11) is 0. The van der Waals surface area contributed by atoms with Crippen LogP contribution in [-0.4, -0.2) is 98.7 Å². The Bertz CT molecular complexity index is 698. The number of hydrogen-bond acceptors (Lipinski definition) is 9. The van der Waals surface area contributed by atoms with E-state index in [2.05, 4.69) is 19.2 Å². The molecule has 0 aromatic heterocycles. The molecule has 10 nitrogen and oxygen atoms in total. The summed E-state index contributed by atoms with van der Waals surface area (Å²) in [5, 5.41) is 64.2. The molecule has 7 N–H and O–H groups in total. The van der Waals surface area contributed by atoms with Crippen LogP contribution in [0.1, 0.15) is 155 Å². The molecule has 8 unspecified atom stereocenters. The van der Waals surface area contributed by atoms with Gasteiger partial charge >= 0.3 is 0 Å². The molecule has 1 saturated heterocycles. The second-order valence-corrected chi connectivity index (χ2v) is 13.2. The Morgan fingerprint density at radius 3 is 1.58 bits per heavy atom. The number of unbranched alkanes of at least 4 members (excludes halogenated alkanes) is 18. The molecule has 0 aromatic carbocycles. The van der Waals surface area contributed by atoms with Crippen molar-refractivity contribution >= 4 is 5.91 Å². The minimum absolute atomic E-state index is 0.252. The van der Waals surface area contributed by atoms with Gasteiger partial charge in [0.25, 0.3) is 0 Å². The van der Waals surface area contributed by atoms with Gasteiger partial charge in [-0.25, -0.2) is 0 Å². The lowest BCUT2D eigenvalue weighted by molar-refractivity contribution is -0.302. The van der Waals surface area contributed by atoms with E-state index in [0.29, 0.717) is 12.8 Å². The van der Waals surface area contributed by atoms with Gasteiger partial charge in [0.15, 0.2) is 6.29 Å². The summed E-state index contributed by atoms with van der Waals surface area (Å²) >= 11 is 0. The van der Waals surface area contributed by atoms with Gasteiger partial charge in [0.05, 0.1) is 25.4 Å². The molecule has 1 aliphatic heterocycles. The van der Waals surface area contributed by atoms with Gasteiger partial charge in [0.2, 0.25) is 5.91 Å². The summed E-state index contributed by atoms with van der Waals surface area (Å²) in [5.74, 6) is -0.589. The Labute approximate surface area is 273 Å². The lowest BCUT2D eigenvalue weighted by Gasteiger charge is -2.40. The molecule has 1 heterocycles. The van der Waals surface area contributed by atoms with Gasteiger partial charge < -0.3 is 45.4 Å². The fourth-order valence-electron chi connectivity index (χ4n) is 5.93. The highest BCUT2D eigenvalue weighted by Crippen LogP contribution is 2.23. The highest BCUT2D eigenvalue weighted by atomic mass is 16.7. The topological polar surface area (TPSA) is 169 Å². The van der Waals surface area contributed by atoms with Crippen molar-refractivity contribution < 1.29 is 44.9 Å². The number of carbonyl (C=O) groups is 1. The second-order valence-electron chi connectivity index (χ2n) is 13.2. The summed E-state index contributed by atoms with van der Waals surface area (Å²) in [5.41, 5.74) is 0. The Morgan fingerprint density at radius 2 is 1.11 bits per heavy atom. The van der Waals surface area contributed by atoms with Crippen LogP contribution >= 0.6 is 0 Å².